The zero-order valence-corrected chi connectivity index (χ0v) is 19.3. The number of esters is 2. The van der Waals surface area contributed by atoms with E-state index >= 15 is 0 Å². The van der Waals surface area contributed by atoms with Crippen LogP contribution in [0.3, 0.4) is 0 Å². The first-order chi connectivity index (χ1) is 14.0. The van der Waals surface area contributed by atoms with Gasteiger partial charge in [0.1, 0.15) is 0 Å². The van der Waals surface area contributed by atoms with Crippen LogP contribution in [0.1, 0.15) is 78.6 Å². The summed E-state index contributed by atoms with van der Waals surface area (Å²) in [5.74, 6) is 0.0359. The van der Waals surface area contributed by atoms with Crippen LogP contribution in [0.15, 0.2) is 24.8 Å². The van der Waals surface area contributed by atoms with E-state index < -0.39 is 11.6 Å². The minimum atomic E-state index is -0.864. The Morgan fingerprint density at radius 3 is 2.57 bits per heavy atom. The quantitative estimate of drug-likeness (QED) is 0.421. The number of allylic oxidation sites excluding steroid dienone is 1. The molecule has 2 aliphatic rings. The molecule has 5 atom stereocenters. The van der Waals surface area contributed by atoms with Crippen LogP contribution < -0.4 is 0 Å². The smallest absolute Gasteiger partial charge is 0.306 e. The SMILES string of the molecule is C=CC(C)(O)CCC1C(=C)CCC2C(C)(COC(=O)CCC(=O)OC)CCCC12C. The predicted molar refractivity (Wildman–Crippen MR) is 118 cm³/mol. The van der Waals surface area contributed by atoms with Crippen LogP contribution >= 0.6 is 0 Å². The highest BCUT2D eigenvalue weighted by atomic mass is 16.5. The summed E-state index contributed by atoms with van der Waals surface area (Å²) < 4.78 is 10.2. The summed E-state index contributed by atoms with van der Waals surface area (Å²) in [7, 11) is 1.32. The van der Waals surface area contributed by atoms with Gasteiger partial charge in [-0.3, -0.25) is 9.59 Å². The molecule has 0 saturated heterocycles. The van der Waals surface area contributed by atoms with E-state index in [1.54, 1.807) is 6.08 Å². The Labute approximate surface area is 181 Å². The number of fused-ring (bicyclic) bond motifs is 1. The minimum Gasteiger partial charge on any atom is -0.469 e. The number of rotatable bonds is 9. The molecule has 2 fully saturated rings. The molecule has 0 spiro atoms. The van der Waals surface area contributed by atoms with Crippen LogP contribution in [0.25, 0.3) is 0 Å². The molecule has 1 N–H and O–H groups in total. The van der Waals surface area contributed by atoms with E-state index in [-0.39, 0.29) is 29.6 Å². The van der Waals surface area contributed by atoms with E-state index in [2.05, 4.69) is 31.7 Å². The molecule has 0 amide bonds. The van der Waals surface area contributed by atoms with Crippen LogP contribution in [-0.4, -0.2) is 36.4 Å². The van der Waals surface area contributed by atoms with Gasteiger partial charge in [-0.2, -0.15) is 0 Å². The monoisotopic (exact) mass is 420 g/mol. The van der Waals surface area contributed by atoms with Crippen molar-refractivity contribution in [2.75, 3.05) is 13.7 Å². The van der Waals surface area contributed by atoms with Crippen LogP contribution in [0, 0.1) is 22.7 Å². The van der Waals surface area contributed by atoms with Crippen LogP contribution in [-0.2, 0) is 19.1 Å². The van der Waals surface area contributed by atoms with E-state index in [9.17, 15) is 14.7 Å². The molecule has 30 heavy (non-hydrogen) atoms. The molecule has 0 heterocycles. The third kappa shape index (κ3) is 5.54. The van der Waals surface area contributed by atoms with Crippen molar-refractivity contribution in [3.8, 4) is 0 Å². The van der Waals surface area contributed by atoms with Gasteiger partial charge in [-0.15, -0.1) is 6.58 Å². The van der Waals surface area contributed by atoms with E-state index in [0.29, 0.717) is 24.9 Å². The van der Waals surface area contributed by atoms with E-state index in [1.165, 1.54) is 12.7 Å². The highest BCUT2D eigenvalue weighted by Crippen LogP contribution is 2.62. The van der Waals surface area contributed by atoms with Crippen molar-refractivity contribution in [3.63, 3.8) is 0 Å². The fourth-order valence-corrected chi connectivity index (χ4v) is 5.95. The molecule has 0 radical (unpaired) electrons. The standard InChI is InChI=1S/C25H40O5/c1-7-24(4,28)16-13-19-18(2)9-10-20-23(3,14-8-15-25(19,20)5)17-30-22(27)12-11-21(26)29-6/h7,19-20,28H,1-2,8-17H2,3-6H3. The largest absolute Gasteiger partial charge is 0.469 e. The Kier molecular flexibility index (Phi) is 7.95. The van der Waals surface area contributed by atoms with Crippen molar-refractivity contribution in [3.05, 3.63) is 24.8 Å². The third-order valence-corrected chi connectivity index (χ3v) is 7.85. The second-order valence-corrected chi connectivity index (χ2v) is 10.2. The van der Waals surface area contributed by atoms with Crippen LogP contribution in [0.4, 0.5) is 0 Å². The lowest BCUT2D eigenvalue weighted by atomic mass is 9.46. The van der Waals surface area contributed by atoms with Gasteiger partial charge in [-0.1, -0.05) is 38.5 Å². The molecule has 0 aliphatic heterocycles. The summed E-state index contributed by atoms with van der Waals surface area (Å²) >= 11 is 0. The van der Waals surface area contributed by atoms with Gasteiger partial charge < -0.3 is 14.6 Å². The number of carbonyl (C=O) groups excluding carboxylic acids is 2. The summed E-state index contributed by atoms with van der Waals surface area (Å²) in [6.45, 7) is 15.0. The molecule has 2 rings (SSSR count). The van der Waals surface area contributed by atoms with Crippen molar-refractivity contribution in [1.82, 2.24) is 0 Å². The average Bonchev–Trinajstić information content (AvgIpc) is 2.69. The summed E-state index contributed by atoms with van der Waals surface area (Å²) in [6.07, 6.45) is 8.57. The zero-order valence-electron chi connectivity index (χ0n) is 19.3. The van der Waals surface area contributed by atoms with Crippen molar-refractivity contribution in [1.29, 1.82) is 0 Å². The Balaban J connectivity index is 2.09. The van der Waals surface area contributed by atoms with Crippen molar-refractivity contribution in [2.24, 2.45) is 22.7 Å². The second kappa shape index (κ2) is 9.67. The van der Waals surface area contributed by atoms with Gasteiger partial charge in [0.05, 0.1) is 32.2 Å². The van der Waals surface area contributed by atoms with Gasteiger partial charge in [0, 0.05) is 5.41 Å². The first-order valence-corrected chi connectivity index (χ1v) is 11.2. The molecule has 0 aromatic rings. The van der Waals surface area contributed by atoms with Gasteiger partial charge >= 0.3 is 11.9 Å². The molecule has 170 valence electrons. The van der Waals surface area contributed by atoms with Gasteiger partial charge in [-0.25, -0.2) is 0 Å². The van der Waals surface area contributed by atoms with Gasteiger partial charge in [0.2, 0.25) is 0 Å². The molecule has 5 nitrogen and oxygen atoms in total. The van der Waals surface area contributed by atoms with E-state index in [1.807, 2.05) is 6.92 Å². The minimum absolute atomic E-state index is 0.0539. The number of carbonyl (C=O) groups is 2. The lowest BCUT2D eigenvalue weighted by Gasteiger charge is -2.58. The van der Waals surface area contributed by atoms with Gasteiger partial charge in [0.25, 0.3) is 0 Å². The molecule has 0 aromatic carbocycles. The fraction of sp³-hybridized carbons (Fsp3) is 0.760. The Bertz CT molecular complexity index is 666. The number of hydrogen-bond acceptors (Lipinski definition) is 5. The molecule has 5 heteroatoms. The van der Waals surface area contributed by atoms with Crippen molar-refractivity contribution >= 4 is 11.9 Å². The molecule has 2 saturated carbocycles. The predicted octanol–water partition coefficient (Wildman–Crippen LogP) is 4.98. The summed E-state index contributed by atoms with van der Waals surface area (Å²) in [5, 5.41) is 10.4. The first kappa shape index (κ1) is 24.6. The summed E-state index contributed by atoms with van der Waals surface area (Å²) in [4.78, 5) is 23.4. The summed E-state index contributed by atoms with van der Waals surface area (Å²) in [5.41, 5.74) is 0.413. The average molecular weight is 421 g/mol. The highest BCUT2D eigenvalue weighted by Gasteiger charge is 2.54. The Morgan fingerprint density at radius 2 is 1.93 bits per heavy atom. The Morgan fingerprint density at radius 1 is 1.27 bits per heavy atom. The normalized spacial score (nSPS) is 33.2. The van der Waals surface area contributed by atoms with E-state index in [4.69, 9.17) is 4.74 Å². The number of hydrogen-bond donors (Lipinski definition) is 1. The van der Waals surface area contributed by atoms with Gasteiger partial charge in [-0.05, 0) is 62.7 Å². The number of aliphatic hydroxyl groups is 1. The second-order valence-electron chi connectivity index (χ2n) is 10.2. The maximum absolute atomic E-state index is 12.2. The van der Waals surface area contributed by atoms with Crippen molar-refractivity contribution < 1.29 is 24.2 Å². The topological polar surface area (TPSA) is 72.8 Å². The molecule has 0 aromatic heterocycles. The third-order valence-electron chi connectivity index (χ3n) is 7.85. The fourth-order valence-electron chi connectivity index (χ4n) is 5.95. The summed E-state index contributed by atoms with van der Waals surface area (Å²) in [6, 6.07) is 0. The highest BCUT2D eigenvalue weighted by molar-refractivity contribution is 5.77. The van der Waals surface area contributed by atoms with Crippen molar-refractivity contribution in [2.45, 2.75) is 84.2 Å². The zero-order chi connectivity index (χ0) is 22.6. The molecule has 2 aliphatic carbocycles. The lowest BCUT2D eigenvalue weighted by molar-refractivity contribution is -0.157. The molecular weight excluding hydrogens is 380 g/mol. The van der Waals surface area contributed by atoms with Gasteiger partial charge in [0.15, 0.2) is 0 Å². The number of ether oxygens (including phenoxy) is 2. The maximum Gasteiger partial charge on any atom is 0.306 e. The molecule has 5 unspecified atom stereocenters. The van der Waals surface area contributed by atoms with E-state index in [0.717, 1.165) is 38.5 Å². The first-order valence-electron chi connectivity index (χ1n) is 11.2. The lowest BCUT2D eigenvalue weighted by Crippen LogP contribution is -2.52. The maximum atomic E-state index is 12.2. The number of methoxy groups -OCH3 is 1. The molecular formula is C25H40O5. The van der Waals surface area contributed by atoms with Crippen LogP contribution in [0.5, 0.6) is 0 Å². The van der Waals surface area contributed by atoms with Crippen LogP contribution in [0.2, 0.25) is 0 Å². The molecule has 0 bridgehead atoms. The Hall–Kier alpha value is -1.62.